The van der Waals surface area contributed by atoms with Crippen LogP contribution >= 0.6 is 0 Å². The van der Waals surface area contributed by atoms with Gasteiger partial charge in [0.15, 0.2) is 0 Å². The molecule has 1 amide bonds. The Hall–Kier alpha value is -1.15. The Labute approximate surface area is 233 Å². The molecule has 1 heterocycles. The van der Waals surface area contributed by atoms with E-state index in [1.165, 1.54) is 0 Å². The van der Waals surface area contributed by atoms with E-state index >= 15 is 0 Å². The second kappa shape index (κ2) is 20.0. The number of nitrogens with one attached hydrogen (secondary N) is 1. The van der Waals surface area contributed by atoms with Crippen LogP contribution in [0.5, 0.6) is 0 Å². The fourth-order valence-corrected chi connectivity index (χ4v) is 3.66. The largest absolute Gasteiger partial charge is 0.512 e. The number of carboxylic acids is 2. The molecule has 0 atom stereocenters. The van der Waals surface area contributed by atoms with Crippen LogP contribution in [0.1, 0.15) is 13.3 Å². The molecule has 0 aliphatic carbocycles. The summed E-state index contributed by atoms with van der Waals surface area (Å²) in [6.07, 6.45) is 0.717. The molecule has 0 aromatic rings. The van der Waals surface area contributed by atoms with E-state index in [1.807, 2.05) is 16.7 Å². The van der Waals surface area contributed by atoms with Gasteiger partial charge in [-0.2, -0.15) is 0 Å². The summed E-state index contributed by atoms with van der Waals surface area (Å²) in [6, 6.07) is 0. The third kappa shape index (κ3) is 17.9. The summed E-state index contributed by atoms with van der Waals surface area (Å²) in [5.41, 5.74) is 0. The molecular formula is C22H41N5O7Y. The van der Waals surface area contributed by atoms with E-state index in [4.69, 9.17) is 4.74 Å². The van der Waals surface area contributed by atoms with Crippen LogP contribution in [0.15, 0.2) is 12.3 Å². The number of carbonyl (C=O) groups excluding carboxylic acids is 1. The molecule has 1 fully saturated rings. The van der Waals surface area contributed by atoms with Crippen molar-refractivity contribution in [2.45, 2.75) is 13.3 Å². The minimum Gasteiger partial charge on any atom is -0.512 e. The second-order valence-corrected chi connectivity index (χ2v) is 8.36. The molecule has 12 nitrogen and oxygen atoms in total. The topological polar surface area (TPSA) is 146 Å². The molecule has 13 heteroatoms. The maximum atomic E-state index is 12.4. The molecule has 0 spiro atoms. The summed E-state index contributed by atoms with van der Waals surface area (Å²) in [4.78, 5) is 42.6. The zero-order valence-corrected chi connectivity index (χ0v) is 23.7. The third-order valence-corrected chi connectivity index (χ3v) is 5.41. The van der Waals surface area contributed by atoms with Crippen molar-refractivity contribution >= 4 is 17.8 Å². The Bertz CT molecular complexity index is 624. The van der Waals surface area contributed by atoms with Crippen molar-refractivity contribution in [2.75, 3.05) is 98.3 Å². The molecule has 0 aromatic carbocycles. The van der Waals surface area contributed by atoms with Crippen molar-refractivity contribution in [2.24, 2.45) is 0 Å². The molecule has 1 aliphatic heterocycles. The molecule has 1 radical (unpaired) electrons. The average molecular weight is 577 g/mol. The molecule has 0 aromatic heterocycles. The Balaban J connectivity index is 0.0000116. The summed E-state index contributed by atoms with van der Waals surface area (Å²) in [6.45, 7) is 11.0. The molecule has 1 saturated heterocycles. The van der Waals surface area contributed by atoms with Gasteiger partial charge in [-0.1, -0.05) is 6.58 Å². The van der Waals surface area contributed by atoms with E-state index < -0.39 is 11.9 Å². The fourth-order valence-electron chi connectivity index (χ4n) is 3.66. The summed E-state index contributed by atoms with van der Waals surface area (Å²) < 4.78 is 5.27. The molecule has 0 saturated carbocycles. The first-order chi connectivity index (χ1) is 16.2. The molecule has 1 rings (SSSR count). The number of ether oxygens (including phenoxy) is 1. The minimum absolute atomic E-state index is 0. The zero-order valence-electron chi connectivity index (χ0n) is 20.9. The van der Waals surface area contributed by atoms with Crippen LogP contribution in [0.3, 0.4) is 0 Å². The number of amides is 1. The van der Waals surface area contributed by atoms with E-state index in [1.54, 1.807) is 9.80 Å². The van der Waals surface area contributed by atoms with E-state index in [0.717, 1.165) is 6.42 Å². The van der Waals surface area contributed by atoms with Gasteiger partial charge in [-0.25, -0.2) is 0 Å². The molecule has 1 aliphatic rings. The van der Waals surface area contributed by atoms with Crippen LogP contribution < -0.4 is 5.32 Å². The third-order valence-electron chi connectivity index (χ3n) is 5.41. The van der Waals surface area contributed by atoms with Crippen LogP contribution in [0.2, 0.25) is 0 Å². The predicted molar refractivity (Wildman–Crippen MR) is 127 cm³/mol. The predicted octanol–water partition coefficient (Wildman–Crippen LogP) is -1.01. The van der Waals surface area contributed by atoms with Gasteiger partial charge in [-0.3, -0.25) is 34.0 Å². The van der Waals surface area contributed by atoms with E-state index in [2.05, 4.69) is 11.9 Å². The van der Waals surface area contributed by atoms with Crippen LogP contribution in [-0.2, 0) is 51.8 Å². The van der Waals surface area contributed by atoms with E-state index in [0.29, 0.717) is 72.1 Å². The zero-order chi connectivity index (χ0) is 25.3. The van der Waals surface area contributed by atoms with E-state index in [9.17, 15) is 29.7 Å². The smallest absolute Gasteiger partial charge is 0.317 e. The number of hydrogen-bond acceptors (Lipinski definition) is 9. The molecular weight excluding hydrogens is 535 g/mol. The SMILES string of the molecule is C=C(O)CN1CCN(CC(=O)O)CCN(CC(=O)NCCCOCC)CCN(CC(=O)O)CC1.[Y]. The van der Waals surface area contributed by atoms with Gasteiger partial charge in [0.25, 0.3) is 0 Å². The average Bonchev–Trinajstić information content (AvgIpc) is 2.74. The molecule has 35 heavy (non-hydrogen) atoms. The number of aliphatic hydroxyl groups excluding tert-OH is 1. The summed E-state index contributed by atoms with van der Waals surface area (Å²) >= 11 is 0. The van der Waals surface area contributed by atoms with Crippen LogP contribution in [0.4, 0.5) is 0 Å². The van der Waals surface area contributed by atoms with Crippen molar-refractivity contribution in [1.82, 2.24) is 24.9 Å². The van der Waals surface area contributed by atoms with Gasteiger partial charge in [0.2, 0.25) is 5.91 Å². The van der Waals surface area contributed by atoms with Crippen molar-refractivity contribution in [3.05, 3.63) is 12.3 Å². The Morgan fingerprint density at radius 2 is 1.17 bits per heavy atom. The summed E-state index contributed by atoms with van der Waals surface area (Å²) in [5.74, 6) is -2.00. The number of nitrogens with zero attached hydrogens (tertiary/aromatic N) is 4. The number of rotatable bonds is 13. The maximum Gasteiger partial charge on any atom is 0.317 e. The number of hydrogen-bond donors (Lipinski definition) is 4. The number of carbonyl (C=O) groups is 3. The van der Waals surface area contributed by atoms with Crippen molar-refractivity contribution < 1.29 is 67.1 Å². The van der Waals surface area contributed by atoms with Gasteiger partial charge in [-0.15, -0.1) is 0 Å². The Kier molecular flexibility index (Phi) is 19.3. The number of aliphatic hydroxyl groups is 1. The van der Waals surface area contributed by atoms with Crippen molar-refractivity contribution in [3.63, 3.8) is 0 Å². The second-order valence-electron chi connectivity index (χ2n) is 8.36. The van der Waals surface area contributed by atoms with Crippen molar-refractivity contribution in [1.29, 1.82) is 0 Å². The first kappa shape index (κ1) is 33.9. The number of aliphatic carboxylic acids is 2. The van der Waals surface area contributed by atoms with Gasteiger partial charge in [0.05, 0.1) is 31.9 Å². The van der Waals surface area contributed by atoms with Gasteiger partial charge >= 0.3 is 11.9 Å². The Morgan fingerprint density at radius 3 is 1.54 bits per heavy atom. The van der Waals surface area contributed by atoms with Gasteiger partial charge in [0, 0.05) is 105 Å². The van der Waals surface area contributed by atoms with Gasteiger partial charge < -0.3 is 25.4 Å². The monoisotopic (exact) mass is 576 g/mol. The minimum atomic E-state index is -0.934. The first-order valence-electron chi connectivity index (χ1n) is 11.7. The van der Waals surface area contributed by atoms with Crippen molar-refractivity contribution in [3.8, 4) is 0 Å². The summed E-state index contributed by atoms with van der Waals surface area (Å²) in [7, 11) is 0. The molecule has 0 bridgehead atoms. The van der Waals surface area contributed by atoms with Crippen LogP contribution in [0, 0.1) is 0 Å². The Morgan fingerprint density at radius 1 is 0.771 bits per heavy atom. The first-order valence-corrected chi connectivity index (χ1v) is 11.7. The van der Waals surface area contributed by atoms with E-state index in [-0.39, 0.29) is 70.6 Å². The van der Waals surface area contributed by atoms with Gasteiger partial charge in [0.1, 0.15) is 0 Å². The quantitative estimate of drug-likeness (QED) is 0.158. The summed E-state index contributed by atoms with van der Waals surface area (Å²) in [5, 5.41) is 31.1. The van der Waals surface area contributed by atoms with Crippen LogP contribution in [0.25, 0.3) is 0 Å². The van der Waals surface area contributed by atoms with Gasteiger partial charge in [-0.05, 0) is 13.3 Å². The fraction of sp³-hybridized carbons (Fsp3) is 0.773. The maximum absolute atomic E-state index is 12.4. The number of carboxylic acid groups (broad SMARTS) is 2. The normalized spacial score (nSPS) is 17.5. The molecule has 0 unspecified atom stereocenters. The standard InChI is InChI=1S/C22H41N5O7.Y/c1-3-34-14-4-5-23-20(29)16-25-8-12-26(17-21(30)31)10-6-24(15-19(2)28)7-11-27(13-9-25)18-22(32)33;/h28H,2-18H2,1H3,(H,23,29)(H,30,31)(H,32,33);. The molecule has 4 N–H and O–H groups in total. The molecule has 199 valence electrons. The van der Waals surface area contributed by atoms with Crippen LogP contribution in [-0.4, -0.2) is 151 Å².